The second-order valence-corrected chi connectivity index (χ2v) is 4.02. The summed E-state index contributed by atoms with van der Waals surface area (Å²) in [6.07, 6.45) is 2.41. The number of ether oxygens (including phenoxy) is 1. The van der Waals surface area contributed by atoms with Crippen molar-refractivity contribution < 1.29 is 13.5 Å². The first-order chi connectivity index (χ1) is 7.66. The van der Waals surface area contributed by atoms with E-state index < -0.39 is 6.61 Å². The van der Waals surface area contributed by atoms with Gasteiger partial charge in [0.15, 0.2) is 0 Å². The predicted molar refractivity (Wildman–Crippen MR) is 59.3 cm³/mol. The van der Waals surface area contributed by atoms with E-state index in [9.17, 15) is 8.78 Å². The predicted octanol–water partition coefficient (Wildman–Crippen LogP) is 3.20. The van der Waals surface area contributed by atoms with E-state index in [2.05, 4.69) is 9.64 Å². The molecule has 1 aliphatic rings. The van der Waals surface area contributed by atoms with E-state index >= 15 is 0 Å². The molecule has 0 bridgehead atoms. The summed E-state index contributed by atoms with van der Waals surface area (Å²) in [6.45, 7) is 1.27. The van der Waals surface area contributed by atoms with Gasteiger partial charge in [0.1, 0.15) is 5.75 Å². The van der Waals surface area contributed by atoms with Crippen molar-refractivity contribution in [2.75, 3.05) is 18.0 Å². The van der Waals surface area contributed by atoms with Crippen LogP contribution >= 0.6 is 0 Å². The number of hydrogen-bond donors (Lipinski definition) is 0. The van der Waals surface area contributed by atoms with Gasteiger partial charge in [-0.25, -0.2) is 0 Å². The Morgan fingerprint density at radius 3 is 2.50 bits per heavy atom. The molecule has 88 valence electrons. The van der Waals surface area contributed by atoms with Crippen molar-refractivity contribution in [3.05, 3.63) is 23.8 Å². The summed E-state index contributed by atoms with van der Waals surface area (Å²) >= 11 is 0. The Bertz CT molecular complexity index is 362. The topological polar surface area (TPSA) is 12.5 Å². The molecule has 0 atom stereocenters. The normalized spacial score (nSPS) is 15.9. The van der Waals surface area contributed by atoms with Gasteiger partial charge < -0.3 is 9.64 Å². The van der Waals surface area contributed by atoms with E-state index in [1.807, 2.05) is 13.0 Å². The average molecular weight is 227 g/mol. The quantitative estimate of drug-likeness (QED) is 0.786. The minimum absolute atomic E-state index is 0.232. The maximum Gasteiger partial charge on any atom is 0.387 e. The molecule has 1 aromatic rings. The lowest BCUT2D eigenvalue weighted by atomic mass is 10.2. The number of aryl methyl sites for hydroxylation is 1. The highest BCUT2D eigenvalue weighted by Gasteiger charge is 2.15. The third kappa shape index (κ3) is 2.43. The van der Waals surface area contributed by atoms with Crippen LogP contribution in [0, 0.1) is 6.92 Å². The van der Waals surface area contributed by atoms with Crippen LogP contribution in [0.4, 0.5) is 14.5 Å². The molecule has 1 fully saturated rings. The fourth-order valence-electron chi connectivity index (χ4n) is 2.12. The molecule has 1 aromatic carbocycles. The molecule has 0 N–H and O–H groups in total. The van der Waals surface area contributed by atoms with Gasteiger partial charge in [0.05, 0.1) is 0 Å². The number of rotatable bonds is 3. The highest BCUT2D eigenvalue weighted by atomic mass is 19.3. The van der Waals surface area contributed by atoms with E-state index in [1.165, 1.54) is 12.8 Å². The van der Waals surface area contributed by atoms with Crippen molar-refractivity contribution in [3.8, 4) is 5.75 Å². The zero-order valence-corrected chi connectivity index (χ0v) is 9.25. The molecule has 0 radical (unpaired) electrons. The van der Waals surface area contributed by atoms with E-state index in [4.69, 9.17) is 0 Å². The smallest absolute Gasteiger partial charge is 0.387 e. The molecule has 0 unspecified atom stereocenters. The Balaban J connectivity index is 2.15. The summed E-state index contributed by atoms with van der Waals surface area (Å²) in [4.78, 5) is 2.28. The first kappa shape index (κ1) is 11.2. The Morgan fingerprint density at radius 2 is 1.94 bits per heavy atom. The molecule has 0 aromatic heterocycles. The van der Waals surface area contributed by atoms with Gasteiger partial charge in [-0.15, -0.1) is 0 Å². The maximum atomic E-state index is 12.0. The maximum absolute atomic E-state index is 12.0. The summed E-state index contributed by atoms with van der Waals surface area (Å²) in [5.41, 5.74) is 2.11. The number of benzene rings is 1. The monoisotopic (exact) mass is 227 g/mol. The second kappa shape index (κ2) is 4.68. The SMILES string of the molecule is Cc1cc(OC(F)F)ccc1N1CCCC1. The molecule has 16 heavy (non-hydrogen) atoms. The van der Waals surface area contributed by atoms with Gasteiger partial charge in [-0.3, -0.25) is 0 Å². The molecule has 1 aliphatic heterocycles. The molecule has 0 spiro atoms. The number of hydrogen-bond acceptors (Lipinski definition) is 2. The Kier molecular flexibility index (Phi) is 3.27. The van der Waals surface area contributed by atoms with Crippen LogP contribution in [0.3, 0.4) is 0 Å². The third-order valence-corrected chi connectivity index (χ3v) is 2.84. The largest absolute Gasteiger partial charge is 0.435 e. The Hall–Kier alpha value is -1.32. The molecule has 2 rings (SSSR count). The number of nitrogens with zero attached hydrogens (tertiary/aromatic N) is 1. The van der Waals surface area contributed by atoms with Crippen molar-refractivity contribution >= 4 is 5.69 Å². The van der Waals surface area contributed by atoms with Crippen LogP contribution in [0.25, 0.3) is 0 Å². The van der Waals surface area contributed by atoms with E-state index in [0.29, 0.717) is 0 Å². The van der Waals surface area contributed by atoms with Gasteiger partial charge in [0, 0.05) is 18.8 Å². The molecule has 4 heteroatoms. The average Bonchev–Trinajstić information content (AvgIpc) is 2.69. The summed E-state index contributed by atoms with van der Waals surface area (Å²) in [7, 11) is 0. The molecule has 1 heterocycles. The molecular formula is C12H15F2NO. The second-order valence-electron chi connectivity index (χ2n) is 4.02. The van der Waals surface area contributed by atoms with Crippen molar-refractivity contribution in [3.63, 3.8) is 0 Å². The van der Waals surface area contributed by atoms with Crippen LogP contribution in [-0.4, -0.2) is 19.7 Å². The molecule has 0 amide bonds. The van der Waals surface area contributed by atoms with Crippen LogP contribution in [0.2, 0.25) is 0 Å². The molecular weight excluding hydrogens is 212 g/mol. The summed E-state index contributed by atoms with van der Waals surface area (Å²) in [6, 6.07) is 5.13. The minimum Gasteiger partial charge on any atom is -0.435 e. The number of alkyl halides is 2. The van der Waals surface area contributed by atoms with Crippen LogP contribution in [0.5, 0.6) is 5.75 Å². The molecule has 1 saturated heterocycles. The third-order valence-electron chi connectivity index (χ3n) is 2.84. The fourth-order valence-corrected chi connectivity index (χ4v) is 2.12. The van der Waals surface area contributed by atoms with Gasteiger partial charge in [-0.1, -0.05) is 0 Å². The van der Waals surface area contributed by atoms with E-state index in [0.717, 1.165) is 24.3 Å². The molecule has 2 nitrogen and oxygen atoms in total. The fraction of sp³-hybridized carbons (Fsp3) is 0.500. The first-order valence-electron chi connectivity index (χ1n) is 5.47. The van der Waals surface area contributed by atoms with E-state index in [1.54, 1.807) is 12.1 Å². The highest BCUT2D eigenvalue weighted by Crippen LogP contribution is 2.28. The van der Waals surface area contributed by atoms with Crippen molar-refractivity contribution in [1.82, 2.24) is 0 Å². The van der Waals surface area contributed by atoms with Crippen molar-refractivity contribution in [1.29, 1.82) is 0 Å². The van der Waals surface area contributed by atoms with E-state index in [-0.39, 0.29) is 5.75 Å². The number of halogens is 2. The van der Waals surface area contributed by atoms with Crippen LogP contribution < -0.4 is 9.64 Å². The summed E-state index contributed by atoms with van der Waals surface area (Å²) in [5, 5.41) is 0. The van der Waals surface area contributed by atoms with Gasteiger partial charge in [0.2, 0.25) is 0 Å². The zero-order valence-electron chi connectivity index (χ0n) is 9.25. The molecule has 0 aliphatic carbocycles. The zero-order chi connectivity index (χ0) is 11.5. The van der Waals surface area contributed by atoms with Gasteiger partial charge in [-0.2, -0.15) is 8.78 Å². The van der Waals surface area contributed by atoms with Crippen LogP contribution in [-0.2, 0) is 0 Å². The number of anilines is 1. The van der Waals surface area contributed by atoms with Crippen LogP contribution in [0.15, 0.2) is 18.2 Å². The standard InChI is InChI=1S/C12H15F2NO/c1-9-8-10(16-12(13)14)4-5-11(9)15-6-2-3-7-15/h4-5,8,12H,2-3,6-7H2,1H3. The molecule has 0 saturated carbocycles. The van der Waals surface area contributed by atoms with Gasteiger partial charge in [0.25, 0.3) is 0 Å². The lowest BCUT2D eigenvalue weighted by Crippen LogP contribution is -2.18. The summed E-state index contributed by atoms with van der Waals surface area (Å²) < 4.78 is 28.4. The van der Waals surface area contributed by atoms with Crippen molar-refractivity contribution in [2.24, 2.45) is 0 Å². The highest BCUT2D eigenvalue weighted by molar-refractivity contribution is 5.56. The Labute approximate surface area is 93.8 Å². The summed E-state index contributed by atoms with van der Waals surface area (Å²) in [5.74, 6) is 0.232. The lowest BCUT2D eigenvalue weighted by Gasteiger charge is -2.20. The van der Waals surface area contributed by atoms with Crippen molar-refractivity contribution in [2.45, 2.75) is 26.4 Å². The lowest BCUT2D eigenvalue weighted by molar-refractivity contribution is -0.0498. The van der Waals surface area contributed by atoms with Gasteiger partial charge >= 0.3 is 6.61 Å². The minimum atomic E-state index is -2.75. The van der Waals surface area contributed by atoms with Crippen LogP contribution in [0.1, 0.15) is 18.4 Å². The first-order valence-corrected chi connectivity index (χ1v) is 5.47. The van der Waals surface area contributed by atoms with Gasteiger partial charge in [-0.05, 0) is 43.5 Å². The Morgan fingerprint density at radius 1 is 1.25 bits per heavy atom.